The first-order chi connectivity index (χ1) is 7.91. The molecule has 0 aliphatic heterocycles. The van der Waals surface area contributed by atoms with Crippen LogP contribution in [0.4, 0.5) is 0 Å². The highest BCUT2D eigenvalue weighted by Crippen LogP contribution is 2.08. The van der Waals surface area contributed by atoms with E-state index in [-0.39, 0.29) is 0 Å². The number of allylic oxidation sites excluding steroid dienone is 2. The average Bonchev–Trinajstić information content (AvgIpc) is 2.31. The molecule has 16 heavy (non-hydrogen) atoms. The predicted octanol–water partition coefficient (Wildman–Crippen LogP) is 5.49. The Bertz CT molecular complexity index is 183. The zero-order valence-corrected chi connectivity index (χ0v) is 11.0. The molecule has 0 aromatic rings. The maximum Gasteiger partial charge on any atom is 0.00860 e. The van der Waals surface area contributed by atoms with Gasteiger partial charge in [0.05, 0.1) is 0 Å². The van der Waals surface area contributed by atoms with Gasteiger partial charge in [0.15, 0.2) is 0 Å². The summed E-state index contributed by atoms with van der Waals surface area (Å²) in [5.74, 6) is 2.69. The third kappa shape index (κ3) is 13.3. The summed E-state index contributed by atoms with van der Waals surface area (Å²) in [6, 6.07) is 0. The first kappa shape index (κ1) is 15.3. The lowest BCUT2D eigenvalue weighted by atomic mass is 10.1. The molecule has 0 atom stereocenters. The molecule has 0 saturated carbocycles. The Labute approximate surface area is 103 Å². The van der Waals surface area contributed by atoms with E-state index in [0.29, 0.717) is 0 Å². The Hall–Kier alpha value is -0.700. The van der Waals surface area contributed by atoms with E-state index in [1.165, 1.54) is 64.2 Å². The van der Waals surface area contributed by atoms with Crippen molar-refractivity contribution < 1.29 is 0 Å². The van der Waals surface area contributed by atoms with Gasteiger partial charge in [0.1, 0.15) is 0 Å². The van der Waals surface area contributed by atoms with E-state index in [2.05, 4.69) is 25.0 Å². The molecule has 0 nitrogen and oxygen atoms in total. The van der Waals surface area contributed by atoms with Crippen molar-refractivity contribution >= 4 is 0 Å². The molecule has 0 saturated heterocycles. The van der Waals surface area contributed by atoms with Gasteiger partial charge in [-0.3, -0.25) is 0 Å². The molecule has 0 fully saturated rings. The lowest BCUT2D eigenvalue weighted by Crippen LogP contribution is -1.79. The fraction of sp³-hybridized carbons (Fsp3) is 0.750. The molecule has 0 spiro atoms. The highest BCUT2D eigenvalue weighted by molar-refractivity contribution is 4.83. The van der Waals surface area contributed by atoms with Crippen LogP contribution in [-0.4, -0.2) is 0 Å². The maximum absolute atomic E-state index is 5.20. The summed E-state index contributed by atoms with van der Waals surface area (Å²) in [5, 5.41) is 0. The van der Waals surface area contributed by atoms with Gasteiger partial charge in [0.25, 0.3) is 0 Å². The van der Waals surface area contributed by atoms with Crippen molar-refractivity contribution in [1.82, 2.24) is 0 Å². The second kappa shape index (κ2) is 14.3. The van der Waals surface area contributed by atoms with Crippen LogP contribution >= 0.6 is 0 Å². The molecule has 0 aromatic carbocycles. The van der Waals surface area contributed by atoms with Crippen molar-refractivity contribution in [3.63, 3.8) is 0 Å². The molecule has 0 aromatic heterocycles. The average molecular weight is 220 g/mol. The summed E-state index contributed by atoms with van der Waals surface area (Å²) >= 11 is 0. The quantitative estimate of drug-likeness (QED) is 0.245. The fourth-order valence-corrected chi connectivity index (χ4v) is 1.75. The van der Waals surface area contributed by atoms with Crippen LogP contribution < -0.4 is 0 Å². The Kier molecular flexibility index (Phi) is 13.7. The third-order valence-corrected chi connectivity index (χ3v) is 2.83. The molecule has 0 amide bonds. The third-order valence-electron chi connectivity index (χ3n) is 2.83. The van der Waals surface area contributed by atoms with E-state index in [4.69, 9.17) is 6.42 Å². The van der Waals surface area contributed by atoms with Gasteiger partial charge in [-0.05, 0) is 25.7 Å². The van der Waals surface area contributed by atoms with Crippen molar-refractivity contribution in [2.45, 2.75) is 77.6 Å². The number of hydrogen-bond acceptors (Lipinski definition) is 0. The summed E-state index contributed by atoms with van der Waals surface area (Å²) in [5.41, 5.74) is 0. The minimum atomic E-state index is 0.958. The molecule has 0 unspecified atom stereocenters. The van der Waals surface area contributed by atoms with Gasteiger partial charge in [-0.15, -0.1) is 12.3 Å². The number of unbranched alkanes of at least 4 members (excludes halogenated alkanes) is 9. The Morgan fingerprint density at radius 2 is 1.38 bits per heavy atom. The monoisotopic (exact) mass is 220 g/mol. The summed E-state index contributed by atoms with van der Waals surface area (Å²) in [6.07, 6.45) is 24.1. The topological polar surface area (TPSA) is 0 Å². The van der Waals surface area contributed by atoms with Gasteiger partial charge in [0, 0.05) is 6.42 Å². The van der Waals surface area contributed by atoms with E-state index < -0.39 is 0 Å². The van der Waals surface area contributed by atoms with Crippen molar-refractivity contribution in [3.05, 3.63) is 12.2 Å². The van der Waals surface area contributed by atoms with Crippen LogP contribution in [0.25, 0.3) is 0 Å². The molecule has 0 N–H and O–H groups in total. The first-order valence-corrected chi connectivity index (χ1v) is 7.00. The van der Waals surface area contributed by atoms with Crippen molar-refractivity contribution in [2.24, 2.45) is 0 Å². The van der Waals surface area contributed by atoms with Crippen LogP contribution in [0.3, 0.4) is 0 Å². The van der Waals surface area contributed by atoms with Gasteiger partial charge in [-0.2, -0.15) is 0 Å². The van der Waals surface area contributed by atoms with E-state index in [1.54, 1.807) is 0 Å². The zero-order valence-electron chi connectivity index (χ0n) is 11.0. The molecule has 0 aliphatic rings. The molecular formula is C16H28. The number of terminal acetylenes is 1. The van der Waals surface area contributed by atoms with E-state index in [9.17, 15) is 0 Å². The highest BCUT2D eigenvalue weighted by atomic mass is 14.0. The van der Waals surface area contributed by atoms with Gasteiger partial charge in [-0.1, -0.05) is 57.6 Å². The second-order valence-corrected chi connectivity index (χ2v) is 4.48. The van der Waals surface area contributed by atoms with Crippen molar-refractivity contribution in [1.29, 1.82) is 0 Å². The van der Waals surface area contributed by atoms with E-state index in [1.807, 2.05) is 0 Å². The number of rotatable bonds is 11. The van der Waals surface area contributed by atoms with Crippen LogP contribution in [0.15, 0.2) is 12.2 Å². The van der Waals surface area contributed by atoms with Crippen molar-refractivity contribution in [3.8, 4) is 12.3 Å². The van der Waals surface area contributed by atoms with Crippen LogP contribution in [0, 0.1) is 12.3 Å². The van der Waals surface area contributed by atoms with Crippen LogP contribution in [0.5, 0.6) is 0 Å². The Balaban J connectivity index is 2.98. The standard InChI is InChI=1S/C16H28/c1-3-5-7-9-11-13-15-16-14-12-10-8-6-4-2/h1,10,12H,4-9,11,13-16H2,2H3/b12-10+. The molecule has 0 aliphatic carbocycles. The molecule has 0 heteroatoms. The van der Waals surface area contributed by atoms with E-state index in [0.717, 1.165) is 6.42 Å². The van der Waals surface area contributed by atoms with Gasteiger partial charge in [0.2, 0.25) is 0 Å². The van der Waals surface area contributed by atoms with Crippen LogP contribution in [0.1, 0.15) is 77.6 Å². The summed E-state index contributed by atoms with van der Waals surface area (Å²) in [4.78, 5) is 0. The molecule has 0 rings (SSSR count). The molecular weight excluding hydrogens is 192 g/mol. The summed E-state index contributed by atoms with van der Waals surface area (Å²) in [7, 11) is 0. The smallest absolute Gasteiger partial charge is 0.00860 e. The van der Waals surface area contributed by atoms with Crippen molar-refractivity contribution in [2.75, 3.05) is 0 Å². The summed E-state index contributed by atoms with van der Waals surface area (Å²) < 4.78 is 0. The second-order valence-electron chi connectivity index (χ2n) is 4.48. The Morgan fingerprint density at radius 3 is 2.00 bits per heavy atom. The summed E-state index contributed by atoms with van der Waals surface area (Å²) in [6.45, 7) is 2.24. The van der Waals surface area contributed by atoms with Crippen LogP contribution in [-0.2, 0) is 0 Å². The first-order valence-electron chi connectivity index (χ1n) is 7.00. The Morgan fingerprint density at radius 1 is 0.812 bits per heavy atom. The highest BCUT2D eigenvalue weighted by Gasteiger charge is 1.89. The molecule has 0 bridgehead atoms. The SMILES string of the molecule is C#CCCCCCCCC/C=C/CCCC. The van der Waals surface area contributed by atoms with Gasteiger partial charge in [-0.25, -0.2) is 0 Å². The molecule has 0 radical (unpaired) electrons. The number of hydrogen-bond donors (Lipinski definition) is 0. The van der Waals surface area contributed by atoms with Crippen LogP contribution in [0.2, 0.25) is 0 Å². The normalized spacial score (nSPS) is 10.8. The lowest BCUT2D eigenvalue weighted by molar-refractivity contribution is 0.602. The minimum absolute atomic E-state index is 0.958. The zero-order chi connectivity index (χ0) is 11.9. The predicted molar refractivity (Wildman–Crippen MR) is 74.4 cm³/mol. The fourth-order valence-electron chi connectivity index (χ4n) is 1.75. The largest absolute Gasteiger partial charge is 0.120 e. The minimum Gasteiger partial charge on any atom is -0.120 e. The molecule has 0 heterocycles. The van der Waals surface area contributed by atoms with E-state index >= 15 is 0 Å². The van der Waals surface area contributed by atoms with Gasteiger partial charge >= 0.3 is 0 Å². The van der Waals surface area contributed by atoms with Gasteiger partial charge < -0.3 is 0 Å². The lowest BCUT2D eigenvalue weighted by Gasteiger charge is -1.98. The maximum atomic E-state index is 5.20. The molecule has 92 valence electrons.